The summed E-state index contributed by atoms with van der Waals surface area (Å²) in [5.74, 6) is 0.210. The Hall–Kier alpha value is -0.610. The highest BCUT2D eigenvalue weighted by Crippen LogP contribution is 2.33. The molecule has 1 heterocycles. The number of carboxylic acid groups (broad SMARTS) is 1. The molecule has 1 atom stereocenters. The molecule has 0 bridgehead atoms. The first-order chi connectivity index (χ1) is 9.73. The van der Waals surface area contributed by atoms with Gasteiger partial charge in [-0.2, -0.15) is 0 Å². The lowest BCUT2D eigenvalue weighted by atomic mass is 9.82. The number of carboxylic acids is 1. The average Bonchev–Trinajstić information content (AvgIpc) is 3.15. The Morgan fingerprint density at radius 3 is 2.40 bits per heavy atom. The van der Waals surface area contributed by atoms with Crippen LogP contribution in [-0.4, -0.2) is 36.5 Å². The number of hydrogen-bond acceptors (Lipinski definition) is 3. The Balaban J connectivity index is 1.31. The first-order valence-corrected chi connectivity index (χ1v) is 8.18. The maximum absolute atomic E-state index is 10.9. The molecule has 0 aromatic rings. The van der Waals surface area contributed by atoms with Crippen LogP contribution in [0.15, 0.2) is 0 Å². The fourth-order valence-electron chi connectivity index (χ4n) is 2.77. The fraction of sp³-hybridized carbons (Fsp3) is 0.938. The minimum Gasteiger partial charge on any atom is -0.479 e. The second-order valence-electron chi connectivity index (χ2n) is 6.30. The maximum atomic E-state index is 10.9. The van der Waals surface area contributed by atoms with Gasteiger partial charge in [0.25, 0.3) is 0 Å². The maximum Gasteiger partial charge on any atom is 0.338 e. The van der Waals surface area contributed by atoms with E-state index < -0.39 is 11.6 Å². The molecule has 1 saturated heterocycles. The van der Waals surface area contributed by atoms with Crippen molar-refractivity contribution >= 4 is 5.97 Å². The lowest BCUT2D eigenvalue weighted by Crippen LogP contribution is -2.23. The second-order valence-corrected chi connectivity index (χ2v) is 6.30. The van der Waals surface area contributed by atoms with E-state index in [2.05, 4.69) is 0 Å². The van der Waals surface area contributed by atoms with E-state index in [1.54, 1.807) is 0 Å². The molecule has 1 aliphatic carbocycles. The normalized spacial score (nSPS) is 25.4. The standard InChI is InChI=1S/C16H28O4/c17-15(18)16(13-20-16)10-3-1-4-11-19-12-5-2-7-14-8-6-9-14/h14H,1-13H2,(H,17,18). The molecule has 2 aliphatic rings. The fourth-order valence-corrected chi connectivity index (χ4v) is 2.77. The summed E-state index contributed by atoms with van der Waals surface area (Å²) >= 11 is 0. The lowest BCUT2D eigenvalue weighted by Gasteiger charge is -2.24. The summed E-state index contributed by atoms with van der Waals surface area (Å²) < 4.78 is 10.6. The third-order valence-corrected chi connectivity index (χ3v) is 4.63. The minimum absolute atomic E-state index is 0.389. The molecular formula is C16H28O4. The van der Waals surface area contributed by atoms with Crippen LogP contribution >= 0.6 is 0 Å². The number of carbonyl (C=O) groups is 1. The zero-order valence-electron chi connectivity index (χ0n) is 12.4. The Morgan fingerprint density at radius 2 is 1.85 bits per heavy atom. The van der Waals surface area contributed by atoms with Crippen molar-refractivity contribution in [1.29, 1.82) is 0 Å². The van der Waals surface area contributed by atoms with Crippen LogP contribution < -0.4 is 0 Å². The summed E-state index contributed by atoms with van der Waals surface area (Å²) in [6, 6.07) is 0. The average molecular weight is 284 g/mol. The van der Waals surface area contributed by atoms with Gasteiger partial charge in [0.15, 0.2) is 5.60 Å². The van der Waals surface area contributed by atoms with Gasteiger partial charge in [0.2, 0.25) is 0 Å². The van der Waals surface area contributed by atoms with Crippen LogP contribution in [0, 0.1) is 5.92 Å². The molecule has 1 saturated carbocycles. The summed E-state index contributed by atoms with van der Waals surface area (Å²) in [5.41, 5.74) is -0.831. The van der Waals surface area contributed by atoms with Crippen molar-refractivity contribution in [2.75, 3.05) is 19.8 Å². The number of ether oxygens (including phenoxy) is 2. The van der Waals surface area contributed by atoms with Crippen molar-refractivity contribution in [3.63, 3.8) is 0 Å². The molecule has 4 nitrogen and oxygen atoms in total. The van der Waals surface area contributed by atoms with Crippen LogP contribution in [0.2, 0.25) is 0 Å². The molecule has 2 rings (SSSR count). The van der Waals surface area contributed by atoms with Crippen LogP contribution in [0.5, 0.6) is 0 Å². The predicted octanol–water partition coefficient (Wildman–Crippen LogP) is 3.39. The summed E-state index contributed by atoms with van der Waals surface area (Å²) in [5, 5.41) is 8.94. The van der Waals surface area contributed by atoms with Gasteiger partial charge in [-0.1, -0.05) is 38.5 Å². The van der Waals surface area contributed by atoms with Gasteiger partial charge in [0, 0.05) is 13.2 Å². The molecule has 0 amide bonds. The Morgan fingerprint density at radius 1 is 1.15 bits per heavy atom. The summed E-state index contributed by atoms with van der Waals surface area (Å²) in [7, 11) is 0. The Kier molecular flexibility index (Phi) is 6.30. The highest BCUT2D eigenvalue weighted by atomic mass is 16.6. The van der Waals surface area contributed by atoms with Gasteiger partial charge < -0.3 is 14.6 Å². The number of rotatable bonds is 12. The van der Waals surface area contributed by atoms with Gasteiger partial charge in [0.1, 0.15) is 0 Å². The van der Waals surface area contributed by atoms with Crippen LogP contribution in [0.25, 0.3) is 0 Å². The van der Waals surface area contributed by atoms with E-state index >= 15 is 0 Å². The van der Waals surface area contributed by atoms with Gasteiger partial charge in [0.05, 0.1) is 6.61 Å². The topological polar surface area (TPSA) is 59.1 Å². The van der Waals surface area contributed by atoms with Gasteiger partial charge >= 0.3 is 5.97 Å². The quantitative estimate of drug-likeness (QED) is 0.441. The van der Waals surface area contributed by atoms with Crippen LogP contribution in [0.1, 0.15) is 64.2 Å². The van der Waals surface area contributed by atoms with E-state index in [-0.39, 0.29) is 0 Å². The van der Waals surface area contributed by atoms with E-state index in [4.69, 9.17) is 14.6 Å². The third kappa shape index (κ3) is 5.06. The number of epoxide rings is 1. The molecule has 1 aliphatic heterocycles. The molecular weight excluding hydrogens is 256 g/mol. The summed E-state index contributed by atoms with van der Waals surface area (Å²) in [6.45, 7) is 2.08. The number of aliphatic carboxylic acids is 1. The minimum atomic E-state index is -0.831. The van der Waals surface area contributed by atoms with E-state index in [1.165, 1.54) is 38.5 Å². The molecule has 0 radical (unpaired) electrons. The highest BCUT2D eigenvalue weighted by molar-refractivity contribution is 5.80. The van der Waals surface area contributed by atoms with E-state index in [9.17, 15) is 4.79 Å². The molecule has 2 fully saturated rings. The van der Waals surface area contributed by atoms with Crippen LogP contribution in [0.3, 0.4) is 0 Å². The molecule has 20 heavy (non-hydrogen) atoms. The van der Waals surface area contributed by atoms with E-state index in [0.717, 1.165) is 38.4 Å². The number of hydrogen-bond donors (Lipinski definition) is 1. The SMILES string of the molecule is O=C(O)C1(CCCCCOCCCCC2CCC2)CO1. The van der Waals surface area contributed by atoms with Crippen LogP contribution in [-0.2, 0) is 14.3 Å². The van der Waals surface area contributed by atoms with E-state index in [1.807, 2.05) is 0 Å². The molecule has 0 spiro atoms. The predicted molar refractivity (Wildman–Crippen MR) is 76.8 cm³/mol. The number of unbranched alkanes of at least 4 members (excludes halogenated alkanes) is 3. The van der Waals surface area contributed by atoms with Gasteiger partial charge in [-0.05, 0) is 31.6 Å². The zero-order valence-corrected chi connectivity index (χ0v) is 12.4. The zero-order chi connectivity index (χ0) is 14.3. The lowest BCUT2D eigenvalue weighted by molar-refractivity contribution is -0.143. The van der Waals surface area contributed by atoms with E-state index in [0.29, 0.717) is 13.0 Å². The summed E-state index contributed by atoms with van der Waals surface area (Å²) in [4.78, 5) is 10.9. The largest absolute Gasteiger partial charge is 0.479 e. The second kappa shape index (κ2) is 7.99. The van der Waals surface area contributed by atoms with Crippen molar-refractivity contribution in [1.82, 2.24) is 0 Å². The van der Waals surface area contributed by atoms with Crippen LogP contribution in [0.4, 0.5) is 0 Å². The Labute approximate surface area is 121 Å². The molecule has 116 valence electrons. The first-order valence-electron chi connectivity index (χ1n) is 8.18. The third-order valence-electron chi connectivity index (χ3n) is 4.63. The smallest absolute Gasteiger partial charge is 0.338 e. The molecule has 0 aromatic heterocycles. The van der Waals surface area contributed by atoms with Crippen molar-refractivity contribution in [2.24, 2.45) is 5.92 Å². The van der Waals surface area contributed by atoms with Crippen molar-refractivity contribution < 1.29 is 19.4 Å². The molecule has 0 aromatic carbocycles. The van der Waals surface area contributed by atoms with Crippen molar-refractivity contribution in [3.05, 3.63) is 0 Å². The summed E-state index contributed by atoms with van der Waals surface area (Å²) in [6.07, 6.45) is 11.8. The highest BCUT2D eigenvalue weighted by Gasteiger charge is 2.51. The molecule has 1 unspecified atom stereocenters. The van der Waals surface area contributed by atoms with Gasteiger partial charge in [-0.25, -0.2) is 4.79 Å². The molecule has 1 N–H and O–H groups in total. The Bertz CT molecular complexity index is 295. The molecule has 4 heteroatoms. The van der Waals surface area contributed by atoms with Crippen molar-refractivity contribution in [2.45, 2.75) is 69.8 Å². The first kappa shape index (κ1) is 15.8. The monoisotopic (exact) mass is 284 g/mol. The van der Waals surface area contributed by atoms with Gasteiger partial charge in [-0.15, -0.1) is 0 Å². The van der Waals surface area contributed by atoms with Crippen molar-refractivity contribution in [3.8, 4) is 0 Å². The van der Waals surface area contributed by atoms with Gasteiger partial charge in [-0.3, -0.25) is 0 Å².